The number of benzene rings is 1. The number of nitrogens with zero attached hydrogens (tertiary/aromatic N) is 2. The van der Waals surface area contributed by atoms with Gasteiger partial charge in [0.15, 0.2) is 0 Å². The Labute approximate surface area is 116 Å². The number of aliphatic hydroxyl groups excluding tert-OH is 1. The zero-order chi connectivity index (χ0) is 13.9. The third-order valence-electron chi connectivity index (χ3n) is 3.72. The maximum absolute atomic E-state index is 12.9. The van der Waals surface area contributed by atoms with Crippen molar-refractivity contribution in [3.8, 4) is 11.5 Å². The van der Waals surface area contributed by atoms with Crippen molar-refractivity contribution >= 4 is 0 Å². The number of aromatic nitrogens is 1. The highest BCUT2D eigenvalue weighted by Gasteiger charge is 2.24. The minimum absolute atomic E-state index is 0.183. The van der Waals surface area contributed by atoms with Gasteiger partial charge in [-0.05, 0) is 43.7 Å². The van der Waals surface area contributed by atoms with Crippen LogP contribution in [0.5, 0.6) is 0 Å². The Hall–Kier alpha value is -1.72. The lowest BCUT2D eigenvalue weighted by Gasteiger charge is -2.20. The van der Waals surface area contributed by atoms with E-state index in [1.165, 1.54) is 12.1 Å². The zero-order valence-electron chi connectivity index (χ0n) is 11.1. The average molecular weight is 276 g/mol. The molecule has 1 aromatic heterocycles. The summed E-state index contributed by atoms with van der Waals surface area (Å²) in [5.41, 5.74) is 1.60. The Morgan fingerprint density at radius 2 is 2.15 bits per heavy atom. The summed E-state index contributed by atoms with van der Waals surface area (Å²) in [6, 6.07) is 6.30. The molecule has 1 aliphatic rings. The number of hydrogen-bond donors (Lipinski definition) is 1. The van der Waals surface area contributed by atoms with Gasteiger partial charge in [-0.2, -0.15) is 0 Å². The van der Waals surface area contributed by atoms with Crippen LogP contribution in [-0.2, 0) is 6.54 Å². The van der Waals surface area contributed by atoms with Gasteiger partial charge in [0.05, 0.1) is 12.3 Å². The molecule has 0 amide bonds. The summed E-state index contributed by atoms with van der Waals surface area (Å²) in [7, 11) is 0. The predicted octanol–water partition coefficient (Wildman–Crippen LogP) is 2.44. The van der Waals surface area contributed by atoms with Crippen LogP contribution in [0.4, 0.5) is 4.39 Å². The summed E-state index contributed by atoms with van der Waals surface area (Å²) < 4.78 is 18.3. The number of likely N-dealkylation sites (tertiary alicyclic amines) is 1. The van der Waals surface area contributed by atoms with Crippen LogP contribution in [0.15, 0.2) is 34.9 Å². The second kappa shape index (κ2) is 5.73. The summed E-state index contributed by atoms with van der Waals surface area (Å²) in [6.07, 6.45) is 3.76. The molecule has 20 heavy (non-hydrogen) atoms. The van der Waals surface area contributed by atoms with E-state index in [-0.39, 0.29) is 18.5 Å². The Kier molecular flexibility index (Phi) is 3.80. The quantitative estimate of drug-likeness (QED) is 0.932. The van der Waals surface area contributed by atoms with E-state index in [9.17, 15) is 9.50 Å². The molecule has 0 bridgehead atoms. The topological polar surface area (TPSA) is 49.5 Å². The molecule has 0 saturated carbocycles. The molecule has 1 fully saturated rings. The van der Waals surface area contributed by atoms with E-state index in [1.54, 1.807) is 18.4 Å². The third kappa shape index (κ3) is 2.73. The third-order valence-corrected chi connectivity index (χ3v) is 3.72. The molecular formula is C15H17FN2O2. The van der Waals surface area contributed by atoms with Gasteiger partial charge >= 0.3 is 0 Å². The van der Waals surface area contributed by atoms with E-state index in [1.807, 2.05) is 0 Å². The first kappa shape index (κ1) is 13.3. The molecule has 5 heteroatoms. The summed E-state index contributed by atoms with van der Waals surface area (Å²) >= 11 is 0. The molecule has 0 spiro atoms. The van der Waals surface area contributed by atoms with Gasteiger partial charge in [0.2, 0.25) is 5.89 Å². The lowest BCUT2D eigenvalue weighted by Crippen LogP contribution is -2.31. The van der Waals surface area contributed by atoms with Crippen LogP contribution in [0.2, 0.25) is 0 Å². The molecule has 3 rings (SSSR count). The fourth-order valence-electron chi connectivity index (χ4n) is 2.62. The van der Waals surface area contributed by atoms with Crippen LogP contribution in [0.1, 0.15) is 18.5 Å². The van der Waals surface area contributed by atoms with Crippen molar-refractivity contribution in [3.63, 3.8) is 0 Å². The first-order valence-electron chi connectivity index (χ1n) is 6.81. The molecule has 1 aromatic carbocycles. The molecule has 2 heterocycles. The van der Waals surface area contributed by atoms with Crippen LogP contribution in [-0.4, -0.2) is 34.2 Å². The van der Waals surface area contributed by atoms with Gasteiger partial charge in [-0.3, -0.25) is 4.90 Å². The highest BCUT2D eigenvalue weighted by molar-refractivity contribution is 5.52. The maximum Gasteiger partial charge on any atom is 0.226 e. The molecule has 0 aliphatic carbocycles. The Balaban J connectivity index is 1.72. The smallest absolute Gasteiger partial charge is 0.226 e. The second-order valence-corrected chi connectivity index (χ2v) is 5.10. The number of halogens is 1. The predicted molar refractivity (Wildman–Crippen MR) is 72.4 cm³/mol. The van der Waals surface area contributed by atoms with Crippen molar-refractivity contribution in [2.24, 2.45) is 0 Å². The van der Waals surface area contributed by atoms with E-state index in [2.05, 4.69) is 9.88 Å². The van der Waals surface area contributed by atoms with E-state index >= 15 is 0 Å². The number of aliphatic hydroxyl groups is 1. The van der Waals surface area contributed by atoms with Crippen molar-refractivity contribution in [3.05, 3.63) is 42.0 Å². The summed E-state index contributed by atoms with van der Waals surface area (Å²) in [5, 5.41) is 9.30. The largest absolute Gasteiger partial charge is 0.444 e. The Morgan fingerprint density at radius 1 is 1.35 bits per heavy atom. The zero-order valence-corrected chi connectivity index (χ0v) is 11.1. The van der Waals surface area contributed by atoms with Crippen LogP contribution < -0.4 is 0 Å². The molecular weight excluding hydrogens is 259 g/mol. The molecule has 2 aromatic rings. The highest BCUT2D eigenvalue weighted by Crippen LogP contribution is 2.22. The maximum atomic E-state index is 12.9. The highest BCUT2D eigenvalue weighted by atomic mass is 19.1. The van der Waals surface area contributed by atoms with Crippen molar-refractivity contribution < 1.29 is 13.9 Å². The van der Waals surface area contributed by atoms with Crippen LogP contribution >= 0.6 is 0 Å². The van der Waals surface area contributed by atoms with Gasteiger partial charge in [-0.15, -0.1) is 0 Å². The molecule has 0 unspecified atom stereocenters. The van der Waals surface area contributed by atoms with Crippen molar-refractivity contribution in [2.75, 3.05) is 13.2 Å². The van der Waals surface area contributed by atoms with Crippen molar-refractivity contribution in [2.45, 2.75) is 25.4 Å². The first-order chi connectivity index (χ1) is 9.76. The fraction of sp³-hybridized carbons (Fsp3) is 0.400. The van der Waals surface area contributed by atoms with Crippen molar-refractivity contribution in [1.29, 1.82) is 0 Å². The van der Waals surface area contributed by atoms with Gasteiger partial charge < -0.3 is 9.52 Å². The number of hydrogen-bond acceptors (Lipinski definition) is 4. The van der Waals surface area contributed by atoms with Gasteiger partial charge in [0, 0.05) is 18.2 Å². The molecule has 1 aliphatic heterocycles. The standard InChI is InChI=1S/C15H17FN2O2/c16-12-5-3-11(4-6-12)15-17-13(10-20-15)8-18-7-1-2-14(18)9-19/h3-6,10,14,19H,1-2,7-9H2/t14-/m1/s1. The summed E-state index contributed by atoms with van der Waals surface area (Å²) in [5.74, 6) is 0.225. The molecule has 4 nitrogen and oxygen atoms in total. The second-order valence-electron chi connectivity index (χ2n) is 5.10. The molecule has 1 N–H and O–H groups in total. The normalized spacial score (nSPS) is 19.6. The number of rotatable bonds is 4. The molecule has 1 saturated heterocycles. The average Bonchev–Trinajstić information content (AvgIpc) is 3.09. The van der Waals surface area contributed by atoms with Gasteiger partial charge in [-0.25, -0.2) is 9.37 Å². The minimum Gasteiger partial charge on any atom is -0.444 e. The summed E-state index contributed by atoms with van der Waals surface area (Å²) in [4.78, 5) is 6.64. The van der Waals surface area contributed by atoms with E-state index in [0.717, 1.165) is 30.6 Å². The Morgan fingerprint density at radius 3 is 2.90 bits per heavy atom. The van der Waals surface area contributed by atoms with E-state index < -0.39 is 0 Å². The van der Waals surface area contributed by atoms with E-state index in [0.29, 0.717) is 12.4 Å². The first-order valence-corrected chi connectivity index (χ1v) is 6.81. The van der Waals surface area contributed by atoms with E-state index in [4.69, 9.17) is 4.42 Å². The number of oxazole rings is 1. The lowest BCUT2D eigenvalue weighted by molar-refractivity contribution is 0.152. The minimum atomic E-state index is -0.275. The molecule has 0 radical (unpaired) electrons. The van der Waals surface area contributed by atoms with Crippen LogP contribution in [0.3, 0.4) is 0 Å². The van der Waals surface area contributed by atoms with Crippen molar-refractivity contribution in [1.82, 2.24) is 9.88 Å². The molecule has 106 valence electrons. The monoisotopic (exact) mass is 276 g/mol. The van der Waals surface area contributed by atoms with Crippen LogP contribution in [0.25, 0.3) is 11.5 Å². The van der Waals surface area contributed by atoms with Gasteiger partial charge in [-0.1, -0.05) is 0 Å². The van der Waals surface area contributed by atoms with Gasteiger partial charge in [0.1, 0.15) is 12.1 Å². The fourth-order valence-corrected chi connectivity index (χ4v) is 2.62. The Bertz CT molecular complexity index is 568. The molecule has 1 atom stereocenters. The van der Waals surface area contributed by atoms with Gasteiger partial charge in [0.25, 0.3) is 0 Å². The summed E-state index contributed by atoms with van der Waals surface area (Å²) in [6.45, 7) is 1.84. The SMILES string of the molecule is OC[C@H]1CCCN1Cc1coc(-c2ccc(F)cc2)n1. The lowest BCUT2D eigenvalue weighted by atomic mass is 10.2. The van der Waals surface area contributed by atoms with Crippen LogP contribution in [0, 0.1) is 5.82 Å².